The van der Waals surface area contributed by atoms with Crippen molar-refractivity contribution in [3.05, 3.63) is 59.4 Å². The van der Waals surface area contributed by atoms with Crippen molar-refractivity contribution in [2.75, 3.05) is 5.32 Å². The van der Waals surface area contributed by atoms with Crippen LogP contribution in [0.5, 0.6) is 0 Å². The molecule has 2 N–H and O–H groups in total. The Labute approximate surface area is 147 Å². The monoisotopic (exact) mass is 364 g/mol. The minimum absolute atomic E-state index is 0.0984. The number of hydrogen-bond donors (Lipinski definition) is 2. The molecule has 0 aliphatic carbocycles. The summed E-state index contributed by atoms with van der Waals surface area (Å²) in [5, 5.41) is 2.79. The number of hydrogen-bond acceptors (Lipinski definition) is 3. The molecule has 0 heterocycles. The van der Waals surface area contributed by atoms with Crippen molar-refractivity contribution in [2.45, 2.75) is 38.1 Å². The lowest BCUT2D eigenvalue weighted by Crippen LogP contribution is -2.41. The van der Waals surface area contributed by atoms with Gasteiger partial charge in [-0.1, -0.05) is 25.1 Å². The summed E-state index contributed by atoms with van der Waals surface area (Å²) in [6, 6.07) is 9.12. The van der Waals surface area contributed by atoms with E-state index in [-0.39, 0.29) is 4.90 Å². The summed E-state index contributed by atoms with van der Waals surface area (Å²) in [6.45, 7) is 5.31. The molecule has 1 amide bonds. The van der Waals surface area contributed by atoms with Crippen LogP contribution >= 0.6 is 0 Å². The number of nitrogens with one attached hydrogen (secondary N) is 2. The van der Waals surface area contributed by atoms with E-state index in [1.165, 1.54) is 6.92 Å². The van der Waals surface area contributed by atoms with E-state index in [2.05, 4.69) is 10.0 Å². The topological polar surface area (TPSA) is 75.3 Å². The number of rotatable bonds is 6. The zero-order chi connectivity index (χ0) is 18.6. The largest absolute Gasteiger partial charge is 0.324 e. The van der Waals surface area contributed by atoms with Crippen LogP contribution in [0, 0.1) is 12.7 Å². The van der Waals surface area contributed by atoms with Crippen LogP contribution in [0.15, 0.2) is 47.4 Å². The van der Waals surface area contributed by atoms with Gasteiger partial charge in [-0.3, -0.25) is 4.79 Å². The highest BCUT2D eigenvalue weighted by atomic mass is 32.2. The van der Waals surface area contributed by atoms with Crippen LogP contribution in [0.1, 0.15) is 25.0 Å². The Morgan fingerprint density at radius 2 is 1.80 bits per heavy atom. The van der Waals surface area contributed by atoms with Gasteiger partial charge in [-0.15, -0.1) is 0 Å². The maximum absolute atomic E-state index is 12.9. The molecule has 7 heteroatoms. The second-order valence-corrected chi connectivity index (χ2v) is 7.46. The first-order valence-corrected chi connectivity index (χ1v) is 9.40. The predicted molar refractivity (Wildman–Crippen MR) is 95.4 cm³/mol. The van der Waals surface area contributed by atoms with E-state index in [0.717, 1.165) is 41.8 Å². The number of aryl methyl sites for hydroxylation is 2. The zero-order valence-corrected chi connectivity index (χ0v) is 15.2. The Balaban J connectivity index is 2.14. The van der Waals surface area contributed by atoms with Crippen LogP contribution in [-0.4, -0.2) is 20.4 Å². The first-order valence-electron chi connectivity index (χ1n) is 7.92. The third-order valence-corrected chi connectivity index (χ3v) is 5.39. The third-order valence-electron chi connectivity index (χ3n) is 3.84. The lowest BCUT2D eigenvalue weighted by Gasteiger charge is -2.17. The van der Waals surface area contributed by atoms with Gasteiger partial charge in [0, 0.05) is 5.69 Å². The van der Waals surface area contributed by atoms with Crippen molar-refractivity contribution in [1.82, 2.24) is 4.72 Å². The fourth-order valence-corrected chi connectivity index (χ4v) is 3.60. The molecule has 0 fully saturated rings. The number of amides is 1. The van der Waals surface area contributed by atoms with Crippen molar-refractivity contribution in [2.24, 2.45) is 0 Å². The van der Waals surface area contributed by atoms with Gasteiger partial charge in [0.1, 0.15) is 5.82 Å². The summed E-state index contributed by atoms with van der Waals surface area (Å²) in [5.41, 5.74) is 2.58. The van der Waals surface area contributed by atoms with Crippen molar-refractivity contribution in [1.29, 1.82) is 0 Å². The van der Waals surface area contributed by atoms with Crippen LogP contribution in [0.25, 0.3) is 0 Å². The highest BCUT2D eigenvalue weighted by Gasteiger charge is 2.23. The summed E-state index contributed by atoms with van der Waals surface area (Å²) in [7, 11) is -3.92. The quantitative estimate of drug-likeness (QED) is 0.827. The molecule has 0 spiro atoms. The first-order chi connectivity index (χ1) is 11.7. The normalized spacial score (nSPS) is 12.6. The van der Waals surface area contributed by atoms with Crippen LogP contribution in [0.2, 0.25) is 0 Å². The van der Waals surface area contributed by atoms with E-state index in [0.29, 0.717) is 5.69 Å². The van der Waals surface area contributed by atoms with Crippen molar-refractivity contribution in [3.8, 4) is 0 Å². The maximum Gasteiger partial charge on any atom is 0.242 e. The molecule has 1 unspecified atom stereocenters. The molecule has 2 rings (SSSR count). The summed E-state index contributed by atoms with van der Waals surface area (Å²) < 4.78 is 39.8. The molecule has 0 aromatic heterocycles. The molecule has 0 radical (unpaired) electrons. The van der Waals surface area contributed by atoms with E-state index in [1.807, 2.05) is 32.0 Å². The average molecular weight is 364 g/mol. The molecule has 0 aliphatic rings. The van der Waals surface area contributed by atoms with Gasteiger partial charge < -0.3 is 5.32 Å². The molecule has 5 nitrogen and oxygen atoms in total. The number of anilines is 1. The van der Waals surface area contributed by atoms with Gasteiger partial charge in [-0.05, 0) is 55.7 Å². The summed E-state index contributed by atoms with van der Waals surface area (Å²) in [5.74, 6) is -0.994. The van der Waals surface area contributed by atoms with Gasteiger partial charge in [0.15, 0.2) is 0 Å². The molecule has 2 aromatic rings. The Kier molecular flexibility index (Phi) is 5.92. The van der Waals surface area contributed by atoms with Gasteiger partial charge in [0.25, 0.3) is 0 Å². The SMILES string of the molecule is CCc1cccc(C)c1NC(=O)C(C)NS(=O)(=O)c1ccc(F)cc1. The predicted octanol–water partition coefficient (Wildman–Crippen LogP) is 3.00. The van der Waals surface area contributed by atoms with E-state index >= 15 is 0 Å². The van der Waals surface area contributed by atoms with Crippen molar-refractivity contribution in [3.63, 3.8) is 0 Å². The van der Waals surface area contributed by atoms with Crippen molar-refractivity contribution >= 4 is 21.6 Å². The number of carbonyl (C=O) groups excluding carboxylic acids is 1. The van der Waals surface area contributed by atoms with Crippen LogP contribution in [0.3, 0.4) is 0 Å². The summed E-state index contributed by atoms with van der Waals surface area (Å²) >= 11 is 0. The summed E-state index contributed by atoms with van der Waals surface area (Å²) in [6.07, 6.45) is 0.743. The van der Waals surface area contributed by atoms with E-state index in [4.69, 9.17) is 0 Å². The lowest BCUT2D eigenvalue weighted by atomic mass is 10.1. The number of sulfonamides is 1. The highest BCUT2D eigenvalue weighted by Crippen LogP contribution is 2.21. The van der Waals surface area contributed by atoms with E-state index in [1.54, 1.807) is 0 Å². The third kappa shape index (κ3) is 4.64. The standard InChI is InChI=1S/C18H21FN2O3S/c1-4-14-7-5-6-12(2)17(14)20-18(22)13(3)21-25(23,24)16-10-8-15(19)9-11-16/h5-11,13,21H,4H2,1-3H3,(H,20,22). The fraction of sp³-hybridized carbons (Fsp3) is 0.278. The molecule has 0 saturated heterocycles. The Morgan fingerprint density at radius 1 is 1.16 bits per heavy atom. The van der Waals surface area contributed by atoms with Gasteiger partial charge in [0.05, 0.1) is 10.9 Å². The Hall–Kier alpha value is -2.25. The van der Waals surface area contributed by atoms with Gasteiger partial charge in [-0.2, -0.15) is 4.72 Å². The number of para-hydroxylation sites is 1. The molecule has 2 aromatic carbocycles. The number of halogens is 1. The van der Waals surface area contributed by atoms with Gasteiger partial charge in [0.2, 0.25) is 15.9 Å². The molecule has 0 saturated carbocycles. The molecular weight excluding hydrogens is 343 g/mol. The number of benzene rings is 2. The highest BCUT2D eigenvalue weighted by molar-refractivity contribution is 7.89. The number of carbonyl (C=O) groups is 1. The fourth-order valence-electron chi connectivity index (χ4n) is 2.40. The molecule has 0 bridgehead atoms. The molecule has 0 aliphatic heterocycles. The second kappa shape index (κ2) is 7.76. The van der Waals surface area contributed by atoms with Gasteiger partial charge in [-0.25, -0.2) is 12.8 Å². The van der Waals surface area contributed by atoms with Gasteiger partial charge >= 0.3 is 0 Å². The minimum Gasteiger partial charge on any atom is -0.324 e. The smallest absolute Gasteiger partial charge is 0.242 e. The summed E-state index contributed by atoms with van der Waals surface area (Å²) in [4.78, 5) is 12.3. The van der Waals surface area contributed by atoms with Crippen LogP contribution < -0.4 is 10.0 Å². The Bertz CT molecular complexity index is 864. The van der Waals surface area contributed by atoms with Crippen molar-refractivity contribution < 1.29 is 17.6 Å². The van der Waals surface area contributed by atoms with E-state index < -0.39 is 27.8 Å². The molecular formula is C18H21FN2O3S. The molecule has 1 atom stereocenters. The first kappa shape index (κ1) is 19.1. The zero-order valence-electron chi connectivity index (χ0n) is 14.3. The second-order valence-electron chi connectivity index (χ2n) is 5.75. The van der Waals surface area contributed by atoms with Crippen LogP contribution in [0.4, 0.5) is 10.1 Å². The molecule has 134 valence electrons. The maximum atomic E-state index is 12.9. The lowest BCUT2D eigenvalue weighted by molar-refractivity contribution is -0.117. The average Bonchev–Trinajstić information content (AvgIpc) is 2.56. The Morgan fingerprint density at radius 3 is 2.40 bits per heavy atom. The molecule has 25 heavy (non-hydrogen) atoms. The minimum atomic E-state index is -3.92. The van der Waals surface area contributed by atoms with Crippen LogP contribution in [-0.2, 0) is 21.2 Å². The van der Waals surface area contributed by atoms with E-state index in [9.17, 15) is 17.6 Å².